The topological polar surface area (TPSA) is 106 Å². The van der Waals surface area contributed by atoms with Crippen molar-refractivity contribution in [2.24, 2.45) is 5.92 Å². The highest BCUT2D eigenvalue weighted by Gasteiger charge is 2.42. The Bertz CT molecular complexity index is 1080. The third-order valence-electron chi connectivity index (χ3n) is 6.12. The number of nitrogens with one attached hydrogen (secondary N) is 2. The lowest BCUT2D eigenvalue weighted by Gasteiger charge is -2.18. The maximum absolute atomic E-state index is 12.7. The van der Waals surface area contributed by atoms with Crippen LogP contribution in [0.4, 0.5) is 0 Å². The molecule has 1 aliphatic rings. The Balaban J connectivity index is 1.44. The number of benzene rings is 2. The molecule has 33 heavy (non-hydrogen) atoms. The Kier molecular flexibility index (Phi) is 7.02. The van der Waals surface area contributed by atoms with Crippen LogP contribution in [0, 0.1) is 5.92 Å². The molecule has 2 aromatic carbocycles. The first kappa shape index (κ1) is 22.5. The number of nitrogens with zero attached hydrogens (tertiary/aromatic N) is 2. The van der Waals surface area contributed by atoms with Crippen LogP contribution in [0.25, 0.3) is 11.4 Å². The molecular weight excluding hydrogens is 420 g/mol. The smallest absolute Gasteiger partial charge is 0.232 e. The fourth-order valence-corrected chi connectivity index (χ4v) is 4.31. The third kappa shape index (κ3) is 5.39. The molecule has 1 fully saturated rings. The molecule has 3 aromatic rings. The summed E-state index contributed by atoms with van der Waals surface area (Å²) in [5.74, 6) is 1.17. The SMILES string of the molecule is CNC(=O)[C@H]1C[C@H](NC(=O)CCc2ccc(OC)cc2)[C@H](c2nc(-c3ccccc3)no2)C1. The van der Waals surface area contributed by atoms with Gasteiger partial charge in [0.1, 0.15) is 5.75 Å². The van der Waals surface area contributed by atoms with Gasteiger partial charge in [-0.25, -0.2) is 0 Å². The van der Waals surface area contributed by atoms with Gasteiger partial charge in [-0.2, -0.15) is 4.98 Å². The number of carbonyl (C=O) groups excluding carboxylic acids is 2. The molecule has 0 saturated heterocycles. The van der Waals surface area contributed by atoms with E-state index in [0.29, 0.717) is 37.4 Å². The number of hydrogen-bond acceptors (Lipinski definition) is 6. The van der Waals surface area contributed by atoms with Crippen LogP contribution in [0.3, 0.4) is 0 Å². The third-order valence-corrected chi connectivity index (χ3v) is 6.12. The Hall–Kier alpha value is -3.68. The molecule has 0 unspecified atom stereocenters. The zero-order chi connectivity index (χ0) is 23.2. The maximum atomic E-state index is 12.7. The number of rotatable bonds is 8. The van der Waals surface area contributed by atoms with E-state index in [0.717, 1.165) is 16.9 Å². The van der Waals surface area contributed by atoms with Crippen molar-refractivity contribution < 1.29 is 18.8 Å². The number of amides is 2. The van der Waals surface area contributed by atoms with Crippen molar-refractivity contribution in [1.82, 2.24) is 20.8 Å². The van der Waals surface area contributed by atoms with Gasteiger partial charge in [-0.15, -0.1) is 0 Å². The van der Waals surface area contributed by atoms with Gasteiger partial charge < -0.3 is 19.9 Å². The van der Waals surface area contributed by atoms with Crippen molar-refractivity contribution in [1.29, 1.82) is 0 Å². The van der Waals surface area contributed by atoms with E-state index in [1.807, 2.05) is 54.6 Å². The predicted octanol–water partition coefficient (Wildman–Crippen LogP) is 3.10. The van der Waals surface area contributed by atoms with E-state index in [4.69, 9.17) is 9.26 Å². The van der Waals surface area contributed by atoms with Crippen LogP contribution in [-0.4, -0.2) is 42.2 Å². The Morgan fingerprint density at radius 1 is 1.09 bits per heavy atom. The summed E-state index contributed by atoms with van der Waals surface area (Å²) in [5, 5.41) is 9.93. The Morgan fingerprint density at radius 2 is 1.85 bits per heavy atom. The highest BCUT2D eigenvalue weighted by Crippen LogP contribution is 2.38. The Morgan fingerprint density at radius 3 is 2.55 bits per heavy atom. The number of aryl methyl sites for hydroxylation is 1. The van der Waals surface area contributed by atoms with Crippen LogP contribution in [0.1, 0.15) is 36.6 Å². The van der Waals surface area contributed by atoms with E-state index in [1.165, 1.54) is 0 Å². The normalized spacial score (nSPS) is 19.8. The maximum Gasteiger partial charge on any atom is 0.232 e. The predicted molar refractivity (Wildman–Crippen MR) is 123 cm³/mol. The quantitative estimate of drug-likeness (QED) is 0.549. The molecule has 172 valence electrons. The minimum atomic E-state index is -0.250. The molecular formula is C25H28N4O4. The molecule has 4 rings (SSSR count). The van der Waals surface area contributed by atoms with Crippen molar-refractivity contribution in [3.63, 3.8) is 0 Å². The van der Waals surface area contributed by atoms with Gasteiger partial charge in [0.05, 0.1) is 13.0 Å². The van der Waals surface area contributed by atoms with Crippen LogP contribution in [-0.2, 0) is 16.0 Å². The van der Waals surface area contributed by atoms with Gasteiger partial charge in [-0.1, -0.05) is 47.6 Å². The molecule has 1 saturated carbocycles. The molecule has 1 aromatic heterocycles. The van der Waals surface area contributed by atoms with E-state index in [-0.39, 0.29) is 29.7 Å². The molecule has 2 amide bonds. The molecule has 2 N–H and O–H groups in total. The van der Waals surface area contributed by atoms with Crippen molar-refractivity contribution in [2.45, 2.75) is 37.6 Å². The van der Waals surface area contributed by atoms with E-state index in [2.05, 4.69) is 20.8 Å². The van der Waals surface area contributed by atoms with Crippen LogP contribution in [0.2, 0.25) is 0 Å². The molecule has 0 spiro atoms. The summed E-state index contributed by atoms with van der Waals surface area (Å²) in [7, 11) is 3.25. The first-order valence-electron chi connectivity index (χ1n) is 11.1. The van der Waals surface area contributed by atoms with Crippen molar-refractivity contribution in [2.75, 3.05) is 14.2 Å². The largest absolute Gasteiger partial charge is 0.497 e. The van der Waals surface area contributed by atoms with Crippen LogP contribution in [0.5, 0.6) is 5.75 Å². The van der Waals surface area contributed by atoms with Gasteiger partial charge in [0, 0.05) is 31.0 Å². The monoisotopic (exact) mass is 448 g/mol. The summed E-state index contributed by atoms with van der Waals surface area (Å²) in [6, 6.07) is 17.0. The molecule has 8 nitrogen and oxygen atoms in total. The zero-order valence-electron chi connectivity index (χ0n) is 18.8. The first-order chi connectivity index (χ1) is 16.1. The first-order valence-corrected chi connectivity index (χ1v) is 11.1. The van der Waals surface area contributed by atoms with Crippen molar-refractivity contribution in [3.05, 3.63) is 66.1 Å². The second kappa shape index (κ2) is 10.3. The minimum Gasteiger partial charge on any atom is -0.497 e. The summed E-state index contributed by atoms with van der Waals surface area (Å²) in [6.07, 6.45) is 2.03. The van der Waals surface area contributed by atoms with Gasteiger partial charge in [-0.3, -0.25) is 9.59 Å². The molecule has 1 heterocycles. The number of methoxy groups -OCH3 is 1. The highest BCUT2D eigenvalue weighted by atomic mass is 16.5. The summed E-state index contributed by atoms with van der Waals surface area (Å²) in [5.41, 5.74) is 1.91. The van der Waals surface area contributed by atoms with Crippen LogP contribution < -0.4 is 15.4 Å². The van der Waals surface area contributed by atoms with Crippen molar-refractivity contribution >= 4 is 11.8 Å². The molecule has 0 radical (unpaired) electrons. The molecule has 0 bridgehead atoms. The molecule has 3 atom stereocenters. The van der Waals surface area contributed by atoms with E-state index in [9.17, 15) is 9.59 Å². The molecule has 1 aliphatic carbocycles. The zero-order valence-corrected chi connectivity index (χ0v) is 18.8. The number of hydrogen-bond donors (Lipinski definition) is 2. The summed E-state index contributed by atoms with van der Waals surface area (Å²) in [6.45, 7) is 0. The fraction of sp³-hybridized carbons (Fsp3) is 0.360. The standard InChI is InChI=1S/C25H28N4O4/c1-26-24(31)18-14-20(25-28-23(29-33-25)17-6-4-3-5-7-17)21(15-18)27-22(30)13-10-16-8-11-19(32-2)12-9-16/h3-9,11-12,18,20-21H,10,13-15H2,1-2H3,(H,26,31)(H,27,30)/t18-,20-,21+/m1/s1. The summed E-state index contributed by atoms with van der Waals surface area (Å²) >= 11 is 0. The average molecular weight is 449 g/mol. The minimum absolute atomic E-state index is 0.0437. The average Bonchev–Trinajstić information content (AvgIpc) is 3.50. The number of aromatic nitrogens is 2. The van der Waals surface area contributed by atoms with Gasteiger partial charge in [0.15, 0.2) is 0 Å². The van der Waals surface area contributed by atoms with Crippen LogP contribution in [0.15, 0.2) is 59.1 Å². The molecule has 8 heteroatoms. The van der Waals surface area contributed by atoms with E-state index < -0.39 is 0 Å². The van der Waals surface area contributed by atoms with Gasteiger partial charge in [0.2, 0.25) is 23.5 Å². The Labute approximate surface area is 192 Å². The lowest BCUT2D eigenvalue weighted by molar-refractivity contribution is -0.125. The lowest BCUT2D eigenvalue weighted by Crippen LogP contribution is -2.37. The summed E-state index contributed by atoms with van der Waals surface area (Å²) < 4.78 is 10.7. The number of carbonyl (C=O) groups is 2. The van der Waals surface area contributed by atoms with Gasteiger partial charge in [-0.05, 0) is 37.0 Å². The lowest BCUT2D eigenvalue weighted by atomic mass is 10.0. The van der Waals surface area contributed by atoms with Gasteiger partial charge in [0.25, 0.3) is 0 Å². The fourth-order valence-electron chi connectivity index (χ4n) is 4.31. The van der Waals surface area contributed by atoms with E-state index in [1.54, 1.807) is 14.2 Å². The van der Waals surface area contributed by atoms with Gasteiger partial charge >= 0.3 is 0 Å². The second-order valence-corrected chi connectivity index (χ2v) is 8.23. The summed E-state index contributed by atoms with van der Waals surface area (Å²) in [4.78, 5) is 29.6. The van der Waals surface area contributed by atoms with E-state index >= 15 is 0 Å². The second-order valence-electron chi connectivity index (χ2n) is 8.23. The highest BCUT2D eigenvalue weighted by molar-refractivity contribution is 5.80. The van der Waals surface area contributed by atoms with Crippen molar-refractivity contribution in [3.8, 4) is 17.1 Å². The number of ether oxygens (including phenoxy) is 1. The van der Waals surface area contributed by atoms with Crippen LogP contribution >= 0.6 is 0 Å². The molecule has 0 aliphatic heterocycles.